The fourth-order valence-electron chi connectivity index (χ4n) is 2.47. The molecule has 1 atom stereocenters. The van der Waals surface area contributed by atoms with E-state index in [0.717, 1.165) is 29.0 Å². The van der Waals surface area contributed by atoms with Crippen molar-refractivity contribution in [3.05, 3.63) is 53.3 Å². The van der Waals surface area contributed by atoms with E-state index in [1.54, 1.807) is 6.20 Å². The zero-order chi connectivity index (χ0) is 13.9. The number of hydrogen-bond donors (Lipinski definition) is 1. The summed E-state index contributed by atoms with van der Waals surface area (Å²) in [7, 11) is 0. The Morgan fingerprint density at radius 1 is 1.20 bits per heavy atom. The molecule has 4 heteroatoms. The quantitative estimate of drug-likeness (QED) is 0.930. The lowest BCUT2D eigenvalue weighted by Crippen LogP contribution is -2.17. The Labute approximate surface area is 118 Å². The molecule has 1 aromatic carbocycles. The number of rotatable bonds is 3. The second kappa shape index (κ2) is 5.51. The maximum absolute atomic E-state index is 6.40. The van der Waals surface area contributed by atoms with E-state index in [1.165, 1.54) is 5.56 Å². The van der Waals surface area contributed by atoms with Gasteiger partial charge in [-0.1, -0.05) is 13.0 Å². The molecule has 2 heterocycles. The van der Waals surface area contributed by atoms with Crippen LogP contribution in [0, 0.1) is 0 Å². The van der Waals surface area contributed by atoms with Gasteiger partial charge < -0.3 is 15.2 Å². The molecule has 0 saturated heterocycles. The number of ether oxygens (including phenoxy) is 2. The molecule has 1 aromatic heterocycles. The second-order valence-electron chi connectivity index (χ2n) is 4.81. The molecular formula is C16H18N2O2. The molecule has 4 nitrogen and oxygen atoms in total. The van der Waals surface area contributed by atoms with Gasteiger partial charge in [0.2, 0.25) is 0 Å². The van der Waals surface area contributed by atoms with Crippen LogP contribution in [0.25, 0.3) is 0 Å². The van der Waals surface area contributed by atoms with Crippen molar-refractivity contribution in [2.24, 2.45) is 5.73 Å². The highest BCUT2D eigenvalue weighted by Crippen LogP contribution is 2.34. The van der Waals surface area contributed by atoms with Gasteiger partial charge in [0.25, 0.3) is 0 Å². The summed E-state index contributed by atoms with van der Waals surface area (Å²) in [5, 5.41) is 0. The van der Waals surface area contributed by atoms with Crippen LogP contribution in [-0.4, -0.2) is 18.2 Å². The van der Waals surface area contributed by atoms with Crippen molar-refractivity contribution in [3.8, 4) is 11.5 Å². The topological polar surface area (TPSA) is 57.4 Å². The van der Waals surface area contributed by atoms with Crippen molar-refractivity contribution >= 4 is 0 Å². The first-order valence-corrected chi connectivity index (χ1v) is 6.87. The molecule has 2 aromatic rings. The Balaban J connectivity index is 1.96. The molecule has 0 fully saturated rings. The third-order valence-electron chi connectivity index (χ3n) is 3.58. The first-order chi connectivity index (χ1) is 9.79. The summed E-state index contributed by atoms with van der Waals surface area (Å²) in [5.41, 5.74) is 9.71. The second-order valence-corrected chi connectivity index (χ2v) is 4.81. The van der Waals surface area contributed by atoms with Crippen LogP contribution in [-0.2, 0) is 6.42 Å². The van der Waals surface area contributed by atoms with Crippen LogP contribution >= 0.6 is 0 Å². The molecule has 0 aliphatic carbocycles. The van der Waals surface area contributed by atoms with Gasteiger partial charge in [-0.05, 0) is 41.3 Å². The summed E-state index contributed by atoms with van der Waals surface area (Å²) in [6.45, 7) is 3.29. The minimum Gasteiger partial charge on any atom is -0.486 e. The number of aryl methyl sites for hydroxylation is 1. The monoisotopic (exact) mass is 270 g/mol. The Morgan fingerprint density at radius 3 is 2.80 bits per heavy atom. The predicted octanol–water partition coefficient (Wildman–Crippen LogP) is 2.46. The maximum atomic E-state index is 6.40. The van der Waals surface area contributed by atoms with E-state index in [1.807, 2.05) is 30.5 Å². The van der Waals surface area contributed by atoms with Gasteiger partial charge >= 0.3 is 0 Å². The number of nitrogens with two attached hydrogens (primary N) is 1. The van der Waals surface area contributed by atoms with Crippen LogP contribution in [0.1, 0.15) is 29.7 Å². The molecule has 1 aliphatic heterocycles. The van der Waals surface area contributed by atoms with Gasteiger partial charge in [-0.15, -0.1) is 0 Å². The van der Waals surface area contributed by atoms with Crippen LogP contribution in [0.3, 0.4) is 0 Å². The molecule has 0 spiro atoms. The van der Waals surface area contributed by atoms with E-state index in [-0.39, 0.29) is 6.04 Å². The molecule has 104 valence electrons. The SMILES string of the molecule is CCc1cnccc1C(N)c1ccc2c(c1)OCCO2. The van der Waals surface area contributed by atoms with Gasteiger partial charge in [-0.2, -0.15) is 0 Å². The summed E-state index contributed by atoms with van der Waals surface area (Å²) in [6, 6.07) is 7.71. The van der Waals surface area contributed by atoms with E-state index in [9.17, 15) is 0 Å². The molecule has 2 N–H and O–H groups in total. The van der Waals surface area contributed by atoms with Crippen molar-refractivity contribution in [1.29, 1.82) is 0 Å². The number of hydrogen-bond acceptors (Lipinski definition) is 4. The molecule has 1 unspecified atom stereocenters. The summed E-state index contributed by atoms with van der Waals surface area (Å²) in [5.74, 6) is 1.56. The highest BCUT2D eigenvalue weighted by atomic mass is 16.6. The summed E-state index contributed by atoms with van der Waals surface area (Å²) in [4.78, 5) is 4.16. The molecule has 0 amide bonds. The predicted molar refractivity (Wildman–Crippen MR) is 77.1 cm³/mol. The first kappa shape index (κ1) is 12.9. The molecular weight excluding hydrogens is 252 g/mol. The van der Waals surface area contributed by atoms with Gasteiger partial charge in [0.1, 0.15) is 13.2 Å². The Kier molecular flexibility index (Phi) is 3.56. The number of pyridine rings is 1. The van der Waals surface area contributed by atoms with E-state index >= 15 is 0 Å². The lowest BCUT2D eigenvalue weighted by molar-refractivity contribution is 0.171. The fraction of sp³-hybridized carbons (Fsp3) is 0.312. The Morgan fingerprint density at radius 2 is 2.00 bits per heavy atom. The van der Waals surface area contributed by atoms with Crippen molar-refractivity contribution in [3.63, 3.8) is 0 Å². The van der Waals surface area contributed by atoms with Crippen LogP contribution in [0.15, 0.2) is 36.7 Å². The summed E-state index contributed by atoms with van der Waals surface area (Å²) >= 11 is 0. The smallest absolute Gasteiger partial charge is 0.161 e. The zero-order valence-electron chi connectivity index (χ0n) is 11.5. The third kappa shape index (κ3) is 2.34. The highest BCUT2D eigenvalue weighted by Gasteiger charge is 2.17. The Bertz CT molecular complexity index is 613. The van der Waals surface area contributed by atoms with Gasteiger partial charge in [0.15, 0.2) is 11.5 Å². The molecule has 20 heavy (non-hydrogen) atoms. The van der Waals surface area contributed by atoms with Crippen LogP contribution in [0.2, 0.25) is 0 Å². The molecule has 0 bridgehead atoms. The number of fused-ring (bicyclic) bond motifs is 1. The largest absolute Gasteiger partial charge is 0.486 e. The van der Waals surface area contributed by atoms with Gasteiger partial charge in [0.05, 0.1) is 6.04 Å². The van der Waals surface area contributed by atoms with Gasteiger partial charge in [-0.3, -0.25) is 4.98 Å². The van der Waals surface area contributed by atoms with E-state index < -0.39 is 0 Å². The summed E-state index contributed by atoms with van der Waals surface area (Å²) in [6.07, 6.45) is 4.58. The van der Waals surface area contributed by atoms with Gasteiger partial charge in [0, 0.05) is 12.4 Å². The average molecular weight is 270 g/mol. The van der Waals surface area contributed by atoms with Crippen molar-refractivity contribution in [2.45, 2.75) is 19.4 Å². The number of aromatic nitrogens is 1. The third-order valence-corrected chi connectivity index (χ3v) is 3.58. The van der Waals surface area contributed by atoms with Crippen LogP contribution in [0.5, 0.6) is 11.5 Å². The van der Waals surface area contributed by atoms with E-state index in [2.05, 4.69) is 11.9 Å². The molecule has 0 saturated carbocycles. The first-order valence-electron chi connectivity index (χ1n) is 6.87. The highest BCUT2D eigenvalue weighted by molar-refractivity contribution is 5.47. The zero-order valence-corrected chi connectivity index (χ0v) is 11.5. The minimum absolute atomic E-state index is 0.177. The average Bonchev–Trinajstić information content (AvgIpc) is 2.53. The van der Waals surface area contributed by atoms with Crippen LogP contribution in [0.4, 0.5) is 0 Å². The number of nitrogens with zero attached hydrogens (tertiary/aromatic N) is 1. The minimum atomic E-state index is -0.177. The number of benzene rings is 1. The standard InChI is InChI=1S/C16H18N2O2/c1-2-11-10-18-6-5-13(11)16(17)12-3-4-14-15(9-12)20-8-7-19-14/h3-6,9-10,16H,2,7-8,17H2,1H3. The Hall–Kier alpha value is -2.07. The normalized spacial score (nSPS) is 14.9. The lowest BCUT2D eigenvalue weighted by atomic mass is 9.95. The molecule has 3 rings (SSSR count). The fourth-order valence-corrected chi connectivity index (χ4v) is 2.47. The van der Waals surface area contributed by atoms with E-state index in [4.69, 9.17) is 15.2 Å². The van der Waals surface area contributed by atoms with E-state index in [0.29, 0.717) is 13.2 Å². The van der Waals surface area contributed by atoms with Crippen molar-refractivity contribution < 1.29 is 9.47 Å². The molecule has 0 radical (unpaired) electrons. The summed E-state index contributed by atoms with van der Waals surface area (Å²) < 4.78 is 11.1. The molecule has 1 aliphatic rings. The maximum Gasteiger partial charge on any atom is 0.161 e. The van der Waals surface area contributed by atoms with Crippen LogP contribution < -0.4 is 15.2 Å². The van der Waals surface area contributed by atoms with Crippen molar-refractivity contribution in [1.82, 2.24) is 4.98 Å². The lowest BCUT2D eigenvalue weighted by Gasteiger charge is -2.21. The van der Waals surface area contributed by atoms with Gasteiger partial charge in [-0.25, -0.2) is 0 Å². The van der Waals surface area contributed by atoms with Crippen molar-refractivity contribution in [2.75, 3.05) is 13.2 Å².